The molecule has 0 aliphatic carbocycles. The van der Waals surface area contributed by atoms with Crippen molar-refractivity contribution >= 4 is 23.6 Å². The van der Waals surface area contributed by atoms with Gasteiger partial charge in [-0.05, 0) is 46.9 Å². The Morgan fingerprint density at radius 3 is 2.23 bits per heavy atom. The molecule has 0 atom stereocenters. The van der Waals surface area contributed by atoms with Crippen LogP contribution in [0.25, 0.3) is 6.08 Å². The fourth-order valence-corrected chi connectivity index (χ4v) is 2.17. The topological polar surface area (TPSA) is 55.4 Å². The summed E-state index contributed by atoms with van der Waals surface area (Å²) in [6.07, 6.45) is 2.68. The van der Waals surface area contributed by atoms with Gasteiger partial charge >= 0.3 is 5.97 Å². The number of carbonyl (C=O) groups is 2. The Morgan fingerprint density at radius 1 is 1.04 bits per heavy atom. The van der Waals surface area contributed by atoms with Crippen molar-refractivity contribution in [1.29, 1.82) is 0 Å². The summed E-state index contributed by atoms with van der Waals surface area (Å²) < 4.78 is 17.7. The number of anilines is 1. The predicted molar refractivity (Wildman–Crippen MR) is 100 cm³/mol. The Balaban J connectivity index is 1.80. The lowest BCUT2D eigenvalue weighted by molar-refractivity contribution is -0.142. The minimum absolute atomic E-state index is 0.0366. The van der Waals surface area contributed by atoms with E-state index in [1.807, 2.05) is 24.3 Å². The number of halogens is 1. The van der Waals surface area contributed by atoms with Gasteiger partial charge in [0.15, 0.2) is 6.61 Å². The smallest absolute Gasteiger partial charge is 0.331 e. The average Bonchev–Trinajstić information content (AvgIpc) is 2.59. The highest BCUT2D eigenvalue weighted by molar-refractivity contribution is 5.94. The second-order valence-electron chi connectivity index (χ2n) is 6.87. The Bertz CT molecular complexity index is 788. The van der Waals surface area contributed by atoms with Gasteiger partial charge in [0.2, 0.25) is 0 Å². The van der Waals surface area contributed by atoms with Crippen LogP contribution in [0.4, 0.5) is 10.1 Å². The number of hydrogen-bond acceptors (Lipinski definition) is 3. The zero-order chi connectivity index (χ0) is 19.2. The maximum Gasteiger partial charge on any atom is 0.331 e. The van der Waals surface area contributed by atoms with Gasteiger partial charge in [0.05, 0.1) is 0 Å². The molecule has 0 aliphatic rings. The van der Waals surface area contributed by atoms with E-state index in [9.17, 15) is 14.0 Å². The second kappa shape index (κ2) is 8.43. The molecular formula is C21H22FNO3. The second-order valence-corrected chi connectivity index (χ2v) is 6.87. The molecule has 26 heavy (non-hydrogen) atoms. The first kappa shape index (κ1) is 19.4. The van der Waals surface area contributed by atoms with Crippen molar-refractivity contribution in [3.05, 3.63) is 71.6 Å². The predicted octanol–water partition coefficient (Wildman–Crippen LogP) is 4.32. The Labute approximate surface area is 152 Å². The maximum absolute atomic E-state index is 12.8. The molecule has 0 radical (unpaired) electrons. The van der Waals surface area contributed by atoms with E-state index in [2.05, 4.69) is 26.1 Å². The molecule has 2 aromatic rings. The quantitative estimate of drug-likeness (QED) is 0.642. The summed E-state index contributed by atoms with van der Waals surface area (Å²) in [6, 6.07) is 13.2. The lowest BCUT2D eigenvalue weighted by Gasteiger charge is -2.19. The summed E-state index contributed by atoms with van der Waals surface area (Å²) >= 11 is 0. The Hall–Kier alpha value is -2.95. The van der Waals surface area contributed by atoms with Crippen LogP contribution in [-0.4, -0.2) is 18.5 Å². The van der Waals surface area contributed by atoms with Crippen molar-refractivity contribution in [2.45, 2.75) is 26.2 Å². The van der Waals surface area contributed by atoms with E-state index in [1.165, 1.54) is 36.4 Å². The Morgan fingerprint density at radius 2 is 1.65 bits per heavy atom. The van der Waals surface area contributed by atoms with Crippen molar-refractivity contribution in [3.63, 3.8) is 0 Å². The monoisotopic (exact) mass is 355 g/mol. The van der Waals surface area contributed by atoms with Crippen LogP contribution < -0.4 is 5.32 Å². The molecule has 0 heterocycles. The number of hydrogen-bond donors (Lipinski definition) is 1. The third-order valence-corrected chi connectivity index (χ3v) is 3.66. The van der Waals surface area contributed by atoms with Crippen molar-refractivity contribution < 1.29 is 18.7 Å². The van der Waals surface area contributed by atoms with Gasteiger partial charge in [0.1, 0.15) is 5.82 Å². The van der Waals surface area contributed by atoms with Crippen LogP contribution >= 0.6 is 0 Å². The molecule has 0 saturated heterocycles. The number of amides is 1. The summed E-state index contributed by atoms with van der Waals surface area (Å²) in [4.78, 5) is 23.5. The van der Waals surface area contributed by atoms with Gasteiger partial charge in [0, 0.05) is 11.8 Å². The highest BCUT2D eigenvalue weighted by Gasteiger charge is 2.13. The molecule has 0 unspecified atom stereocenters. The van der Waals surface area contributed by atoms with E-state index in [0.29, 0.717) is 11.3 Å². The lowest BCUT2D eigenvalue weighted by Crippen LogP contribution is -2.20. The molecule has 1 N–H and O–H groups in total. The molecule has 2 rings (SSSR count). The zero-order valence-corrected chi connectivity index (χ0v) is 15.1. The van der Waals surface area contributed by atoms with Gasteiger partial charge in [0.25, 0.3) is 5.91 Å². The molecule has 0 spiro atoms. The first-order valence-corrected chi connectivity index (χ1v) is 8.25. The fourth-order valence-electron chi connectivity index (χ4n) is 2.17. The van der Waals surface area contributed by atoms with E-state index in [-0.39, 0.29) is 17.8 Å². The molecule has 0 saturated carbocycles. The summed E-state index contributed by atoms with van der Waals surface area (Å²) in [6.45, 7) is 5.95. The highest BCUT2D eigenvalue weighted by atomic mass is 19.1. The van der Waals surface area contributed by atoms with E-state index in [4.69, 9.17) is 4.74 Å². The molecule has 4 nitrogen and oxygen atoms in total. The molecule has 1 amide bonds. The normalized spacial score (nSPS) is 11.4. The van der Waals surface area contributed by atoms with Crippen LogP contribution in [0.15, 0.2) is 54.6 Å². The summed E-state index contributed by atoms with van der Waals surface area (Å²) in [5, 5.41) is 2.67. The van der Waals surface area contributed by atoms with E-state index >= 15 is 0 Å². The van der Waals surface area contributed by atoms with Gasteiger partial charge in [-0.25, -0.2) is 9.18 Å². The average molecular weight is 355 g/mol. The van der Waals surface area contributed by atoms with Crippen LogP contribution in [-0.2, 0) is 19.7 Å². The Kier molecular flexibility index (Phi) is 6.28. The third kappa shape index (κ3) is 6.16. The number of esters is 1. The van der Waals surface area contributed by atoms with Crippen LogP contribution in [0.2, 0.25) is 0 Å². The molecule has 0 aliphatic heterocycles. The SMILES string of the molecule is CC(C)(C)c1ccc(NC(=O)COC(=O)/C=C/c2ccc(F)cc2)cc1. The number of nitrogens with one attached hydrogen (secondary N) is 1. The van der Waals surface area contributed by atoms with Crippen molar-refractivity contribution in [3.8, 4) is 0 Å². The largest absolute Gasteiger partial charge is 0.452 e. The van der Waals surface area contributed by atoms with Crippen LogP contribution in [0, 0.1) is 5.82 Å². The third-order valence-electron chi connectivity index (χ3n) is 3.66. The first-order valence-electron chi connectivity index (χ1n) is 8.25. The number of carbonyl (C=O) groups excluding carboxylic acids is 2. The maximum atomic E-state index is 12.8. The van der Waals surface area contributed by atoms with E-state index in [0.717, 1.165) is 5.56 Å². The summed E-state index contributed by atoms with van der Waals surface area (Å²) in [5.74, 6) is -1.42. The van der Waals surface area contributed by atoms with Gasteiger partial charge in [-0.3, -0.25) is 4.79 Å². The van der Waals surface area contributed by atoms with Crippen molar-refractivity contribution in [1.82, 2.24) is 0 Å². The van der Waals surface area contributed by atoms with Gasteiger partial charge < -0.3 is 10.1 Å². The molecule has 5 heteroatoms. The van der Waals surface area contributed by atoms with Gasteiger partial charge in [-0.1, -0.05) is 45.0 Å². The minimum Gasteiger partial charge on any atom is -0.452 e. The minimum atomic E-state index is -0.646. The molecule has 2 aromatic carbocycles. The number of benzene rings is 2. The summed E-state index contributed by atoms with van der Waals surface area (Å²) in [7, 11) is 0. The first-order chi connectivity index (χ1) is 12.2. The standard InChI is InChI=1S/C21H22FNO3/c1-21(2,3)16-7-11-18(12-8-16)23-19(24)14-26-20(25)13-6-15-4-9-17(22)10-5-15/h4-13H,14H2,1-3H3,(H,23,24)/b13-6+. The van der Waals surface area contributed by atoms with Crippen molar-refractivity contribution in [2.75, 3.05) is 11.9 Å². The molecular weight excluding hydrogens is 333 g/mol. The highest BCUT2D eigenvalue weighted by Crippen LogP contribution is 2.23. The lowest BCUT2D eigenvalue weighted by atomic mass is 9.87. The molecule has 136 valence electrons. The van der Waals surface area contributed by atoms with Crippen molar-refractivity contribution in [2.24, 2.45) is 0 Å². The van der Waals surface area contributed by atoms with Gasteiger partial charge in [-0.15, -0.1) is 0 Å². The zero-order valence-electron chi connectivity index (χ0n) is 15.1. The van der Waals surface area contributed by atoms with Crippen LogP contribution in [0.3, 0.4) is 0 Å². The summed E-state index contributed by atoms with van der Waals surface area (Å²) in [5.41, 5.74) is 2.50. The molecule has 0 bridgehead atoms. The van der Waals surface area contributed by atoms with Crippen LogP contribution in [0.5, 0.6) is 0 Å². The molecule has 0 aromatic heterocycles. The van der Waals surface area contributed by atoms with E-state index < -0.39 is 11.9 Å². The van der Waals surface area contributed by atoms with Gasteiger partial charge in [-0.2, -0.15) is 0 Å². The van der Waals surface area contributed by atoms with Crippen LogP contribution in [0.1, 0.15) is 31.9 Å². The van der Waals surface area contributed by atoms with E-state index in [1.54, 1.807) is 0 Å². The number of rotatable bonds is 5. The fraction of sp³-hybridized carbons (Fsp3) is 0.238. The number of ether oxygens (including phenoxy) is 1. The molecule has 0 fully saturated rings.